The van der Waals surface area contributed by atoms with E-state index in [0.717, 1.165) is 19.4 Å². The second kappa shape index (κ2) is 9.40. The van der Waals surface area contributed by atoms with Gasteiger partial charge in [-0.05, 0) is 44.3 Å². The predicted octanol–water partition coefficient (Wildman–Crippen LogP) is 2.83. The number of amides is 1. The first kappa shape index (κ1) is 15.8. The Labute approximate surface area is 127 Å². The van der Waals surface area contributed by atoms with E-state index in [2.05, 4.69) is 22.3 Å². The van der Waals surface area contributed by atoms with Crippen molar-refractivity contribution in [2.45, 2.75) is 32.1 Å². The molecule has 4 heteroatoms. The summed E-state index contributed by atoms with van der Waals surface area (Å²) in [6, 6.07) is 10.1. The highest BCUT2D eigenvalue weighted by Crippen LogP contribution is 2.08. The molecule has 0 unspecified atom stereocenters. The lowest BCUT2D eigenvalue weighted by molar-refractivity contribution is 0.135. The molecule has 0 radical (unpaired) electrons. The van der Waals surface area contributed by atoms with Gasteiger partial charge in [-0.25, -0.2) is 4.79 Å². The first-order valence-electron chi connectivity index (χ1n) is 8.01. The number of piperidine rings is 1. The van der Waals surface area contributed by atoms with E-state index in [1.165, 1.54) is 37.9 Å². The zero-order valence-electron chi connectivity index (χ0n) is 12.7. The second-order valence-corrected chi connectivity index (χ2v) is 5.55. The highest BCUT2D eigenvalue weighted by atomic mass is 16.5. The number of rotatable bonds is 7. The van der Waals surface area contributed by atoms with Gasteiger partial charge < -0.3 is 15.0 Å². The maximum absolute atomic E-state index is 11.5. The van der Waals surface area contributed by atoms with Crippen LogP contribution in [0.3, 0.4) is 0 Å². The van der Waals surface area contributed by atoms with E-state index >= 15 is 0 Å². The quantitative estimate of drug-likeness (QED) is 0.785. The molecular formula is C17H26N2O2. The third kappa shape index (κ3) is 6.63. The Bertz CT molecular complexity index is 403. The molecule has 1 amide bonds. The SMILES string of the molecule is O=C(NCCc1ccccc1)OCCCN1CCCCC1. The molecule has 0 saturated carbocycles. The van der Waals surface area contributed by atoms with Crippen molar-refractivity contribution in [2.75, 3.05) is 32.8 Å². The van der Waals surface area contributed by atoms with Crippen LogP contribution in [-0.2, 0) is 11.2 Å². The fourth-order valence-corrected chi connectivity index (χ4v) is 2.64. The van der Waals surface area contributed by atoms with Crippen LogP contribution in [-0.4, -0.2) is 43.8 Å². The van der Waals surface area contributed by atoms with Crippen molar-refractivity contribution in [3.63, 3.8) is 0 Å². The lowest BCUT2D eigenvalue weighted by Gasteiger charge is -2.26. The topological polar surface area (TPSA) is 41.6 Å². The van der Waals surface area contributed by atoms with E-state index < -0.39 is 0 Å². The number of carbonyl (C=O) groups is 1. The summed E-state index contributed by atoms with van der Waals surface area (Å²) in [7, 11) is 0. The molecular weight excluding hydrogens is 264 g/mol. The summed E-state index contributed by atoms with van der Waals surface area (Å²) in [6.45, 7) is 4.56. The zero-order valence-corrected chi connectivity index (χ0v) is 12.7. The number of hydrogen-bond acceptors (Lipinski definition) is 3. The van der Waals surface area contributed by atoms with Gasteiger partial charge in [-0.3, -0.25) is 0 Å². The zero-order chi connectivity index (χ0) is 14.8. The Hall–Kier alpha value is -1.55. The lowest BCUT2D eigenvalue weighted by Crippen LogP contribution is -2.32. The van der Waals surface area contributed by atoms with Gasteiger partial charge in [0.25, 0.3) is 0 Å². The third-order valence-electron chi connectivity index (χ3n) is 3.83. The van der Waals surface area contributed by atoms with Gasteiger partial charge in [0.05, 0.1) is 6.61 Å². The van der Waals surface area contributed by atoms with E-state index in [-0.39, 0.29) is 6.09 Å². The molecule has 0 atom stereocenters. The van der Waals surface area contributed by atoms with Crippen LogP contribution >= 0.6 is 0 Å². The van der Waals surface area contributed by atoms with Crippen molar-refractivity contribution < 1.29 is 9.53 Å². The average molecular weight is 290 g/mol. The van der Waals surface area contributed by atoms with Gasteiger partial charge in [-0.15, -0.1) is 0 Å². The number of ether oxygens (including phenoxy) is 1. The summed E-state index contributed by atoms with van der Waals surface area (Å²) < 4.78 is 5.19. The second-order valence-electron chi connectivity index (χ2n) is 5.55. The molecule has 1 heterocycles. The third-order valence-corrected chi connectivity index (χ3v) is 3.83. The lowest BCUT2D eigenvalue weighted by atomic mass is 10.1. The van der Waals surface area contributed by atoms with Gasteiger partial charge in [-0.1, -0.05) is 36.8 Å². The van der Waals surface area contributed by atoms with Crippen LogP contribution in [0.4, 0.5) is 4.79 Å². The van der Waals surface area contributed by atoms with E-state index in [9.17, 15) is 4.79 Å². The van der Waals surface area contributed by atoms with E-state index in [0.29, 0.717) is 13.2 Å². The van der Waals surface area contributed by atoms with Crippen molar-refractivity contribution in [1.29, 1.82) is 0 Å². The molecule has 21 heavy (non-hydrogen) atoms. The van der Waals surface area contributed by atoms with Crippen LogP contribution in [0.1, 0.15) is 31.2 Å². The summed E-state index contributed by atoms with van der Waals surface area (Å²) >= 11 is 0. The molecule has 1 aliphatic rings. The van der Waals surface area contributed by atoms with Crippen LogP contribution in [0.25, 0.3) is 0 Å². The molecule has 1 N–H and O–H groups in total. The molecule has 0 aliphatic carbocycles. The highest BCUT2D eigenvalue weighted by molar-refractivity contribution is 5.67. The predicted molar refractivity (Wildman–Crippen MR) is 84.4 cm³/mol. The highest BCUT2D eigenvalue weighted by Gasteiger charge is 2.09. The average Bonchev–Trinajstić information content (AvgIpc) is 2.54. The Balaban J connectivity index is 1.47. The number of hydrogen-bond donors (Lipinski definition) is 1. The number of benzene rings is 1. The largest absolute Gasteiger partial charge is 0.450 e. The molecule has 1 aliphatic heterocycles. The molecule has 1 fully saturated rings. The molecule has 0 spiro atoms. The number of carbonyl (C=O) groups excluding carboxylic acids is 1. The smallest absolute Gasteiger partial charge is 0.407 e. The molecule has 116 valence electrons. The molecule has 1 aromatic carbocycles. The minimum absolute atomic E-state index is 0.301. The number of nitrogens with one attached hydrogen (secondary N) is 1. The van der Waals surface area contributed by atoms with Gasteiger partial charge in [-0.2, -0.15) is 0 Å². The van der Waals surface area contributed by atoms with Crippen LogP contribution in [0.2, 0.25) is 0 Å². The van der Waals surface area contributed by atoms with E-state index in [4.69, 9.17) is 4.74 Å². The molecule has 0 bridgehead atoms. The fourth-order valence-electron chi connectivity index (χ4n) is 2.64. The maximum atomic E-state index is 11.5. The van der Waals surface area contributed by atoms with E-state index in [1.807, 2.05) is 18.2 Å². The normalized spacial score (nSPS) is 15.6. The molecule has 0 aromatic heterocycles. The van der Waals surface area contributed by atoms with Gasteiger partial charge in [0, 0.05) is 13.1 Å². The van der Waals surface area contributed by atoms with Crippen molar-refractivity contribution in [2.24, 2.45) is 0 Å². The molecule has 1 saturated heterocycles. The monoisotopic (exact) mass is 290 g/mol. The van der Waals surface area contributed by atoms with Crippen LogP contribution in [0.5, 0.6) is 0 Å². The first-order chi connectivity index (χ1) is 10.3. The maximum Gasteiger partial charge on any atom is 0.407 e. The summed E-state index contributed by atoms with van der Waals surface area (Å²) in [5.74, 6) is 0. The molecule has 4 nitrogen and oxygen atoms in total. The Morgan fingerprint density at radius 3 is 2.67 bits per heavy atom. The Morgan fingerprint density at radius 1 is 1.14 bits per heavy atom. The van der Waals surface area contributed by atoms with Gasteiger partial charge in [0.2, 0.25) is 0 Å². The number of likely N-dealkylation sites (tertiary alicyclic amines) is 1. The summed E-state index contributed by atoms with van der Waals surface area (Å²) in [6.07, 6.45) is 5.43. The standard InChI is InChI=1S/C17H26N2O2/c20-17(18-11-10-16-8-3-1-4-9-16)21-15-7-14-19-12-5-2-6-13-19/h1,3-4,8-9H,2,5-7,10-15H2,(H,18,20). The number of nitrogens with zero attached hydrogens (tertiary/aromatic N) is 1. The number of alkyl carbamates (subject to hydrolysis) is 1. The molecule has 2 rings (SSSR count). The molecule has 1 aromatic rings. The first-order valence-corrected chi connectivity index (χ1v) is 8.01. The van der Waals surface area contributed by atoms with Gasteiger partial charge in [0.15, 0.2) is 0 Å². The van der Waals surface area contributed by atoms with Gasteiger partial charge >= 0.3 is 6.09 Å². The fraction of sp³-hybridized carbons (Fsp3) is 0.588. The van der Waals surface area contributed by atoms with Crippen LogP contribution < -0.4 is 5.32 Å². The van der Waals surface area contributed by atoms with Crippen LogP contribution in [0.15, 0.2) is 30.3 Å². The summed E-state index contributed by atoms with van der Waals surface area (Å²) in [4.78, 5) is 14.0. The van der Waals surface area contributed by atoms with Crippen molar-refractivity contribution >= 4 is 6.09 Å². The minimum atomic E-state index is -0.301. The van der Waals surface area contributed by atoms with Crippen LogP contribution in [0, 0.1) is 0 Å². The van der Waals surface area contributed by atoms with Crippen molar-refractivity contribution in [3.05, 3.63) is 35.9 Å². The minimum Gasteiger partial charge on any atom is -0.450 e. The Morgan fingerprint density at radius 2 is 1.90 bits per heavy atom. The van der Waals surface area contributed by atoms with Crippen molar-refractivity contribution in [1.82, 2.24) is 10.2 Å². The Kier molecular flexibility index (Phi) is 7.08. The summed E-state index contributed by atoms with van der Waals surface area (Å²) in [5.41, 5.74) is 1.22. The van der Waals surface area contributed by atoms with E-state index in [1.54, 1.807) is 0 Å². The van der Waals surface area contributed by atoms with Crippen molar-refractivity contribution in [3.8, 4) is 0 Å². The van der Waals surface area contributed by atoms with Gasteiger partial charge in [0.1, 0.15) is 0 Å². The summed E-state index contributed by atoms with van der Waals surface area (Å²) in [5, 5.41) is 2.79.